The molecule has 0 amide bonds. The van der Waals surface area contributed by atoms with Crippen LogP contribution in [-0.4, -0.2) is 37.0 Å². The Kier molecular flexibility index (Phi) is 6.88. The second-order valence-corrected chi connectivity index (χ2v) is 9.69. The van der Waals surface area contributed by atoms with E-state index in [9.17, 15) is 9.59 Å². The first-order valence-corrected chi connectivity index (χ1v) is 13.2. The van der Waals surface area contributed by atoms with Gasteiger partial charge in [-0.1, -0.05) is 29.5 Å². The van der Waals surface area contributed by atoms with Crippen molar-refractivity contribution in [3.05, 3.63) is 84.5 Å². The quantitative estimate of drug-likeness (QED) is 0.445. The Balaban J connectivity index is 1.63. The van der Waals surface area contributed by atoms with E-state index in [0.717, 1.165) is 29.9 Å². The number of thiazole rings is 1. The van der Waals surface area contributed by atoms with E-state index in [2.05, 4.69) is 35.9 Å². The molecule has 0 bridgehead atoms. The summed E-state index contributed by atoms with van der Waals surface area (Å²) in [6, 6.07) is 12.9. The lowest BCUT2D eigenvalue weighted by atomic mass is 9.95. The average Bonchev–Trinajstić information content (AvgIpc) is 3.48. The molecule has 8 nitrogen and oxygen atoms in total. The number of carbonyl (C=O) groups excluding carboxylic acids is 1. The molecule has 3 heterocycles. The lowest BCUT2D eigenvalue weighted by Gasteiger charge is -2.24. The van der Waals surface area contributed by atoms with Crippen molar-refractivity contribution in [1.29, 1.82) is 0 Å². The number of anilines is 1. The van der Waals surface area contributed by atoms with E-state index >= 15 is 0 Å². The van der Waals surface area contributed by atoms with Crippen LogP contribution in [0.3, 0.4) is 0 Å². The van der Waals surface area contributed by atoms with E-state index in [-0.39, 0.29) is 19.0 Å². The average molecular weight is 520 g/mol. The van der Waals surface area contributed by atoms with Crippen LogP contribution in [0.4, 0.5) is 5.69 Å². The van der Waals surface area contributed by atoms with Gasteiger partial charge in [-0.15, -0.1) is 0 Å². The van der Waals surface area contributed by atoms with Gasteiger partial charge in [-0.05, 0) is 69.2 Å². The van der Waals surface area contributed by atoms with Crippen LogP contribution in [0.2, 0.25) is 0 Å². The molecular weight excluding hydrogens is 490 g/mol. The molecule has 3 aromatic rings. The van der Waals surface area contributed by atoms with Crippen molar-refractivity contribution in [2.24, 2.45) is 4.99 Å². The van der Waals surface area contributed by atoms with Crippen LogP contribution in [0, 0.1) is 0 Å². The zero-order chi connectivity index (χ0) is 26.1. The molecule has 5 rings (SSSR count). The van der Waals surface area contributed by atoms with E-state index in [1.54, 1.807) is 24.5 Å². The van der Waals surface area contributed by atoms with E-state index in [1.807, 2.05) is 30.3 Å². The van der Waals surface area contributed by atoms with Gasteiger partial charge in [0.15, 0.2) is 16.3 Å². The van der Waals surface area contributed by atoms with Gasteiger partial charge in [0.2, 0.25) is 6.79 Å². The molecule has 9 heteroatoms. The molecule has 0 aliphatic carbocycles. The molecule has 0 saturated heterocycles. The number of ether oxygens (including phenoxy) is 3. The summed E-state index contributed by atoms with van der Waals surface area (Å²) >= 11 is 1.31. The van der Waals surface area contributed by atoms with Crippen molar-refractivity contribution < 1.29 is 19.0 Å². The molecule has 0 N–H and O–H groups in total. The summed E-state index contributed by atoms with van der Waals surface area (Å²) in [5.74, 6) is 0.709. The van der Waals surface area contributed by atoms with E-state index in [4.69, 9.17) is 14.2 Å². The van der Waals surface area contributed by atoms with Crippen molar-refractivity contribution in [3.8, 4) is 11.5 Å². The summed E-state index contributed by atoms with van der Waals surface area (Å²) < 4.78 is 18.5. The first-order chi connectivity index (χ1) is 17.9. The second kappa shape index (κ2) is 10.3. The van der Waals surface area contributed by atoms with Crippen LogP contribution in [0.25, 0.3) is 6.08 Å². The fourth-order valence-corrected chi connectivity index (χ4v) is 5.76. The van der Waals surface area contributed by atoms with Gasteiger partial charge >= 0.3 is 5.97 Å². The lowest BCUT2D eigenvalue weighted by molar-refractivity contribution is -0.139. The van der Waals surface area contributed by atoms with Gasteiger partial charge in [-0.3, -0.25) is 9.36 Å². The normalized spacial score (nSPS) is 16.4. The Labute approximate surface area is 218 Å². The van der Waals surface area contributed by atoms with Crippen LogP contribution >= 0.6 is 11.3 Å². The number of hydrogen-bond donors (Lipinski definition) is 0. The summed E-state index contributed by atoms with van der Waals surface area (Å²) in [6.45, 7) is 9.99. The van der Waals surface area contributed by atoms with Gasteiger partial charge in [0.1, 0.15) is 0 Å². The van der Waals surface area contributed by atoms with Crippen molar-refractivity contribution in [2.75, 3.05) is 31.4 Å². The van der Waals surface area contributed by atoms with Crippen LogP contribution in [0.5, 0.6) is 11.5 Å². The molecule has 0 saturated carbocycles. The van der Waals surface area contributed by atoms with Gasteiger partial charge in [0, 0.05) is 18.8 Å². The van der Waals surface area contributed by atoms with E-state index in [0.29, 0.717) is 32.1 Å². The largest absolute Gasteiger partial charge is 0.463 e. The Bertz CT molecular complexity index is 1550. The fourth-order valence-electron chi connectivity index (χ4n) is 4.71. The number of rotatable bonds is 7. The van der Waals surface area contributed by atoms with Crippen LogP contribution in [-0.2, 0) is 9.53 Å². The second-order valence-electron chi connectivity index (χ2n) is 8.68. The molecule has 37 heavy (non-hydrogen) atoms. The Morgan fingerprint density at radius 2 is 1.86 bits per heavy atom. The maximum absolute atomic E-state index is 13.8. The zero-order valence-electron chi connectivity index (χ0n) is 21.3. The highest BCUT2D eigenvalue weighted by molar-refractivity contribution is 7.07. The summed E-state index contributed by atoms with van der Waals surface area (Å²) in [5.41, 5.74) is 3.43. The first kappa shape index (κ1) is 24.8. The topological polar surface area (TPSA) is 82.4 Å². The summed E-state index contributed by atoms with van der Waals surface area (Å²) in [5, 5.41) is 0. The third kappa shape index (κ3) is 4.55. The molecule has 2 aromatic carbocycles. The number of benzene rings is 2. The highest BCUT2D eigenvalue weighted by atomic mass is 32.1. The van der Waals surface area contributed by atoms with Crippen molar-refractivity contribution >= 4 is 29.1 Å². The molecule has 0 fully saturated rings. The zero-order valence-corrected chi connectivity index (χ0v) is 22.1. The summed E-state index contributed by atoms with van der Waals surface area (Å²) in [6.07, 6.45) is 1.87. The van der Waals surface area contributed by atoms with Crippen molar-refractivity contribution in [2.45, 2.75) is 33.7 Å². The predicted octanol–water partition coefficient (Wildman–Crippen LogP) is 3.37. The van der Waals surface area contributed by atoms with Crippen LogP contribution in [0.1, 0.15) is 44.9 Å². The number of nitrogens with zero attached hydrogens (tertiary/aromatic N) is 3. The minimum atomic E-state index is -0.697. The monoisotopic (exact) mass is 519 g/mol. The maximum Gasteiger partial charge on any atom is 0.338 e. The molecule has 1 aromatic heterocycles. The maximum atomic E-state index is 13.8. The number of aromatic nitrogens is 1. The van der Waals surface area contributed by atoms with Crippen molar-refractivity contribution in [1.82, 2.24) is 4.57 Å². The number of carbonyl (C=O) groups is 1. The molecule has 192 valence electrons. The highest BCUT2D eigenvalue weighted by Gasteiger charge is 2.34. The number of fused-ring (bicyclic) bond motifs is 2. The molecule has 2 aliphatic heterocycles. The Morgan fingerprint density at radius 1 is 1.14 bits per heavy atom. The summed E-state index contributed by atoms with van der Waals surface area (Å²) in [7, 11) is 0. The molecule has 0 unspecified atom stereocenters. The standard InChI is InChI=1S/C28H29N3O5S/c1-5-30(6-2)20-11-8-18(9-12-20)14-23-26(32)31-25(19-10-13-21-22(15-19)36-16-35-21)24(27(33)34-7-3)17(4)29-28(31)37-23/h8-15,25H,5-7,16H2,1-4H3/b23-14-/t25-/m1/s1. The third-order valence-electron chi connectivity index (χ3n) is 6.55. The first-order valence-electron chi connectivity index (χ1n) is 12.4. The minimum Gasteiger partial charge on any atom is -0.463 e. The number of allylic oxidation sites excluding steroid dienone is 1. The van der Waals surface area contributed by atoms with Gasteiger partial charge < -0.3 is 19.1 Å². The van der Waals surface area contributed by atoms with Gasteiger partial charge in [-0.25, -0.2) is 9.79 Å². The fraction of sp³-hybridized carbons (Fsp3) is 0.321. The van der Waals surface area contributed by atoms with Crippen LogP contribution < -0.4 is 29.3 Å². The third-order valence-corrected chi connectivity index (χ3v) is 7.53. The van der Waals surface area contributed by atoms with E-state index < -0.39 is 12.0 Å². The van der Waals surface area contributed by atoms with Gasteiger partial charge in [-0.2, -0.15) is 0 Å². The van der Waals surface area contributed by atoms with Crippen molar-refractivity contribution in [3.63, 3.8) is 0 Å². The van der Waals surface area contributed by atoms with Gasteiger partial charge in [0.25, 0.3) is 5.56 Å². The highest BCUT2D eigenvalue weighted by Crippen LogP contribution is 2.38. The minimum absolute atomic E-state index is 0.133. The molecule has 0 spiro atoms. The predicted molar refractivity (Wildman–Crippen MR) is 143 cm³/mol. The van der Waals surface area contributed by atoms with Gasteiger partial charge in [0.05, 0.1) is 28.5 Å². The Morgan fingerprint density at radius 3 is 2.57 bits per heavy atom. The molecule has 2 aliphatic rings. The van der Waals surface area contributed by atoms with Crippen LogP contribution in [0.15, 0.2) is 63.5 Å². The molecule has 1 atom stereocenters. The molecular formula is C28H29N3O5S. The SMILES string of the molecule is CCOC(=O)C1=C(C)N=c2s/c(=C\c3ccc(N(CC)CC)cc3)c(=O)n2[C@@H]1c1ccc2c(c1)OCO2. The van der Waals surface area contributed by atoms with E-state index in [1.165, 1.54) is 11.3 Å². The molecule has 0 radical (unpaired) electrons. The lowest BCUT2D eigenvalue weighted by Crippen LogP contribution is -2.39. The Hall–Kier alpha value is -3.85. The smallest absolute Gasteiger partial charge is 0.338 e. The number of esters is 1. The number of hydrogen-bond acceptors (Lipinski definition) is 8. The summed E-state index contributed by atoms with van der Waals surface area (Å²) in [4.78, 5) is 34.3.